The van der Waals surface area contributed by atoms with Crippen molar-refractivity contribution in [3.05, 3.63) is 29.8 Å². The van der Waals surface area contributed by atoms with Crippen LogP contribution in [0.3, 0.4) is 0 Å². The minimum absolute atomic E-state index is 0.0663. The van der Waals surface area contributed by atoms with E-state index in [1.54, 1.807) is 0 Å². The van der Waals surface area contributed by atoms with Crippen molar-refractivity contribution in [3.63, 3.8) is 0 Å². The van der Waals surface area contributed by atoms with E-state index >= 15 is 0 Å². The van der Waals surface area contributed by atoms with E-state index in [1.165, 1.54) is 6.07 Å². The van der Waals surface area contributed by atoms with Crippen LogP contribution in [0.4, 0.5) is 14.5 Å². The van der Waals surface area contributed by atoms with Gasteiger partial charge in [0.25, 0.3) is 0 Å². The highest BCUT2D eigenvalue weighted by atomic mass is 19.2. The average Bonchev–Trinajstić information content (AvgIpc) is 2.52. The molecule has 1 saturated heterocycles. The zero-order valence-corrected chi connectivity index (χ0v) is 12.4. The van der Waals surface area contributed by atoms with Gasteiger partial charge in [0, 0.05) is 44.8 Å². The number of halogens is 2. The molecular weight excluding hydrogens is 292 g/mol. The lowest BCUT2D eigenvalue weighted by Crippen LogP contribution is -2.41. The van der Waals surface area contributed by atoms with E-state index < -0.39 is 11.6 Å². The molecule has 1 aromatic carbocycles. The molecule has 2 N–H and O–H groups in total. The third kappa shape index (κ3) is 5.57. The second kappa shape index (κ2) is 8.65. The van der Waals surface area contributed by atoms with Gasteiger partial charge in [0.15, 0.2) is 11.6 Å². The van der Waals surface area contributed by atoms with Crippen molar-refractivity contribution in [1.29, 1.82) is 0 Å². The van der Waals surface area contributed by atoms with Crippen LogP contribution < -0.4 is 10.6 Å². The molecule has 1 fully saturated rings. The van der Waals surface area contributed by atoms with E-state index in [2.05, 4.69) is 15.5 Å². The van der Waals surface area contributed by atoms with Crippen molar-refractivity contribution in [2.24, 2.45) is 0 Å². The fraction of sp³-hybridized carbons (Fsp3) is 0.533. The zero-order valence-electron chi connectivity index (χ0n) is 12.4. The van der Waals surface area contributed by atoms with Crippen LogP contribution in [0.5, 0.6) is 0 Å². The van der Waals surface area contributed by atoms with Gasteiger partial charge in [0.2, 0.25) is 5.91 Å². The van der Waals surface area contributed by atoms with Crippen molar-refractivity contribution in [2.75, 3.05) is 51.3 Å². The van der Waals surface area contributed by atoms with Gasteiger partial charge in [-0.05, 0) is 18.2 Å². The summed E-state index contributed by atoms with van der Waals surface area (Å²) in [5.74, 6) is -1.85. The predicted molar refractivity (Wildman–Crippen MR) is 79.7 cm³/mol. The third-order valence-electron chi connectivity index (χ3n) is 3.45. The van der Waals surface area contributed by atoms with Crippen molar-refractivity contribution in [1.82, 2.24) is 10.2 Å². The summed E-state index contributed by atoms with van der Waals surface area (Å²) in [6.07, 6.45) is 0.280. The van der Waals surface area contributed by atoms with Gasteiger partial charge >= 0.3 is 0 Å². The molecule has 0 saturated carbocycles. The number of nitrogens with zero attached hydrogens (tertiary/aromatic N) is 1. The Bertz CT molecular complexity index is 494. The molecule has 2 rings (SSSR count). The Balaban J connectivity index is 1.58. The van der Waals surface area contributed by atoms with Crippen LogP contribution in [0.2, 0.25) is 0 Å². The van der Waals surface area contributed by atoms with Gasteiger partial charge in [0.1, 0.15) is 0 Å². The van der Waals surface area contributed by atoms with E-state index in [-0.39, 0.29) is 12.3 Å². The largest absolute Gasteiger partial charge is 0.384 e. The summed E-state index contributed by atoms with van der Waals surface area (Å²) < 4.78 is 31.0. The van der Waals surface area contributed by atoms with Crippen molar-refractivity contribution in [2.45, 2.75) is 6.42 Å². The predicted octanol–water partition coefficient (Wildman–Crippen LogP) is 1.22. The SMILES string of the molecule is O=C(CCNc1ccc(F)c(F)c1)NCCN1CCOCC1. The molecule has 1 aromatic rings. The first kappa shape index (κ1) is 16.6. The summed E-state index contributed by atoms with van der Waals surface area (Å²) in [6, 6.07) is 3.57. The molecule has 0 aromatic heterocycles. The van der Waals surface area contributed by atoms with Gasteiger partial charge in [-0.25, -0.2) is 8.78 Å². The van der Waals surface area contributed by atoms with Crippen molar-refractivity contribution < 1.29 is 18.3 Å². The molecule has 0 unspecified atom stereocenters. The number of carbonyl (C=O) groups excluding carboxylic acids is 1. The Labute approximate surface area is 128 Å². The summed E-state index contributed by atoms with van der Waals surface area (Å²) in [6.45, 7) is 5.06. The molecule has 0 bridgehead atoms. The second-order valence-corrected chi connectivity index (χ2v) is 5.11. The molecule has 22 heavy (non-hydrogen) atoms. The van der Waals surface area contributed by atoms with Crippen molar-refractivity contribution >= 4 is 11.6 Å². The molecule has 0 aliphatic carbocycles. The standard InChI is InChI=1S/C15H21F2N3O2/c16-13-2-1-12(11-14(13)17)18-4-3-15(21)19-5-6-20-7-9-22-10-8-20/h1-2,11,18H,3-10H2,(H,19,21). The molecule has 0 radical (unpaired) electrons. The third-order valence-corrected chi connectivity index (χ3v) is 3.45. The van der Waals surface area contributed by atoms with Crippen LogP contribution in [0.1, 0.15) is 6.42 Å². The van der Waals surface area contributed by atoms with Crippen LogP contribution in [0.15, 0.2) is 18.2 Å². The highest BCUT2D eigenvalue weighted by Gasteiger charge is 2.10. The highest BCUT2D eigenvalue weighted by Crippen LogP contribution is 2.12. The average molecular weight is 313 g/mol. The Morgan fingerprint density at radius 2 is 1.95 bits per heavy atom. The number of ether oxygens (including phenoxy) is 1. The fourth-order valence-electron chi connectivity index (χ4n) is 2.19. The molecule has 0 atom stereocenters. The molecule has 7 heteroatoms. The Morgan fingerprint density at radius 1 is 1.18 bits per heavy atom. The van der Waals surface area contributed by atoms with E-state index in [1.807, 2.05) is 0 Å². The summed E-state index contributed by atoms with van der Waals surface area (Å²) in [5.41, 5.74) is 0.458. The second-order valence-electron chi connectivity index (χ2n) is 5.11. The van der Waals surface area contributed by atoms with Crippen LogP contribution in [0, 0.1) is 11.6 Å². The first-order chi connectivity index (χ1) is 10.6. The van der Waals surface area contributed by atoms with Crippen LogP contribution >= 0.6 is 0 Å². The lowest BCUT2D eigenvalue weighted by atomic mass is 10.3. The Hall–Kier alpha value is -1.73. The lowest BCUT2D eigenvalue weighted by Gasteiger charge is -2.26. The Morgan fingerprint density at radius 3 is 2.68 bits per heavy atom. The smallest absolute Gasteiger partial charge is 0.221 e. The zero-order chi connectivity index (χ0) is 15.8. The number of hydrogen-bond donors (Lipinski definition) is 2. The topological polar surface area (TPSA) is 53.6 Å². The molecule has 122 valence electrons. The van der Waals surface area contributed by atoms with E-state index in [0.717, 1.165) is 45.0 Å². The number of morpholine rings is 1. The maximum Gasteiger partial charge on any atom is 0.221 e. The number of nitrogens with one attached hydrogen (secondary N) is 2. The van der Waals surface area contributed by atoms with Gasteiger partial charge in [-0.3, -0.25) is 9.69 Å². The number of hydrogen-bond acceptors (Lipinski definition) is 4. The number of rotatable bonds is 7. The summed E-state index contributed by atoms with van der Waals surface area (Å²) in [4.78, 5) is 13.9. The Kier molecular flexibility index (Phi) is 6.54. The normalized spacial score (nSPS) is 15.5. The van der Waals surface area contributed by atoms with Gasteiger partial charge in [0.05, 0.1) is 13.2 Å². The minimum atomic E-state index is -0.903. The number of anilines is 1. The fourth-order valence-corrected chi connectivity index (χ4v) is 2.19. The monoisotopic (exact) mass is 313 g/mol. The summed E-state index contributed by atoms with van der Waals surface area (Å²) >= 11 is 0. The first-order valence-electron chi connectivity index (χ1n) is 7.41. The summed E-state index contributed by atoms with van der Waals surface area (Å²) in [5, 5.41) is 5.73. The molecule has 5 nitrogen and oxygen atoms in total. The molecule has 0 spiro atoms. The van der Waals surface area contributed by atoms with Crippen molar-refractivity contribution in [3.8, 4) is 0 Å². The van der Waals surface area contributed by atoms with Crippen LogP contribution in [0.25, 0.3) is 0 Å². The maximum atomic E-state index is 13.0. The number of benzene rings is 1. The molecule has 1 heterocycles. The molecule has 1 aliphatic rings. The first-order valence-corrected chi connectivity index (χ1v) is 7.41. The molecule has 1 aliphatic heterocycles. The quantitative estimate of drug-likeness (QED) is 0.795. The van der Waals surface area contributed by atoms with E-state index in [4.69, 9.17) is 4.74 Å². The summed E-state index contributed by atoms with van der Waals surface area (Å²) in [7, 11) is 0. The number of carbonyl (C=O) groups is 1. The van der Waals surface area contributed by atoms with Gasteiger partial charge in [-0.2, -0.15) is 0 Å². The lowest BCUT2D eigenvalue weighted by molar-refractivity contribution is -0.120. The number of amides is 1. The molecular formula is C15H21F2N3O2. The van der Waals surface area contributed by atoms with Gasteiger partial charge in [-0.1, -0.05) is 0 Å². The van der Waals surface area contributed by atoms with Gasteiger partial charge in [-0.15, -0.1) is 0 Å². The van der Waals surface area contributed by atoms with E-state index in [0.29, 0.717) is 18.8 Å². The van der Waals surface area contributed by atoms with Crippen LogP contribution in [-0.2, 0) is 9.53 Å². The minimum Gasteiger partial charge on any atom is -0.384 e. The maximum absolute atomic E-state index is 13.0. The highest BCUT2D eigenvalue weighted by molar-refractivity contribution is 5.76. The molecule has 1 amide bonds. The van der Waals surface area contributed by atoms with Gasteiger partial charge < -0.3 is 15.4 Å². The van der Waals surface area contributed by atoms with E-state index in [9.17, 15) is 13.6 Å². The van der Waals surface area contributed by atoms with Crippen LogP contribution in [-0.4, -0.2) is 56.7 Å².